The highest BCUT2D eigenvalue weighted by Gasteiger charge is 2.19. The summed E-state index contributed by atoms with van der Waals surface area (Å²) >= 11 is 0. The maximum Gasteiger partial charge on any atom is 0.306 e. The lowest BCUT2D eigenvalue weighted by Gasteiger charge is -2.18. The third-order valence-corrected chi connectivity index (χ3v) is 15.8. The van der Waals surface area contributed by atoms with Gasteiger partial charge in [-0.05, 0) is 25.2 Å². The summed E-state index contributed by atoms with van der Waals surface area (Å²) in [5.41, 5.74) is 0. The third kappa shape index (κ3) is 61.3. The van der Waals surface area contributed by atoms with Crippen molar-refractivity contribution in [3.05, 3.63) is 0 Å². The van der Waals surface area contributed by atoms with Crippen LogP contribution in [-0.2, 0) is 28.6 Å². The van der Waals surface area contributed by atoms with E-state index >= 15 is 0 Å². The van der Waals surface area contributed by atoms with E-state index in [4.69, 9.17) is 14.2 Å². The number of hydrogen-bond acceptors (Lipinski definition) is 6. The topological polar surface area (TPSA) is 78.9 Å². The highest BCUT2D eigenvalue weighted by molar-refractivity contribution is 5.71. The van der Waals surface area contributed by atoms with Gasteiger partial charge in [0.25, 0.3) is 0 Å². The van der Waals surface area contributed by atoms with E-state index in [9.17, 15) is 14.4 Å². The molecule has 0 spiro atoms. The second kappa shape index (κ2) is 62.3. The standard InChI is InChI=1S/C68H132O6/c1-5-7-9-11-13-15-17-19-21-23-25-27-32-36-40-44-48-52-56-60-67(70)73-63-65(62-72-66(69)59-55-51-47-43-39-35-31-26-24-22-20-18-16-14-12-10-8-6-2)74-68(71)61-57-53-49-45-41-37-33-29-28-30-34-38-42-46-50-54-58-64(3)4/h64-65H,5-63H2,1-4H3/t65-/m1/s1. The minimum absolute atomic E-state index is 0.0608. The summed E-state index contributed by atoms with van der Waals surface area (Å²) in [5, 5.41) is 0. The van der Waals surface area contributed by atoms with Gasteiger partial charge in [-0.3, -0.25) is 14.4 Å². The van der Waals surface area contributed by atoms with Crippen LogP contribution in [0.1, 0.15) is 394 Å². The summed E-state index contributed by atoms with van der Waals surface area (Å²) in [4.78, 5) is 38.4. The SMILES string of the molecule is CCCCCCCCCCCCCCCCCCCCCC(=O)OC[C@@H](COC(=O)CCCCCCCCCCCCCCCCCCCC)OC(=O)CCCCCCCCCCCCCCCCCCC(C)C. The highest BCUT2D eigenvalue weighted by atomic mass is 16.6. The number of carbonyl (C=O) groups is 3. The van der Waals surface area contributed by atoms with Crippen LogP contribution < -0.4 is 0 Å². The van der Waals surface area contributed by atoms with Crippen LogP contribution in [0.5, 0.6) is 0 Å². The molecule has 0 N–H and O–H groups in total. The van der Waals surface area contributed by atoms with Gasteiger partial charge in [0, 0.05) is 19.3 Å². The van der Waals surface area contributed by atoms with E-state index in [0.717, 1.165) is 63.7 Å². The van der Waals surface area contributed by atoms with E-state index in [-0.39, 0.29) is 31.1 Å². The maximum atomic E-state index is 12.9. The Labute approximate surface area is 463 Å². The van der Waals surface area contributed by atoms with E-state index in [2.05, 4.69) is 27.7 Å². The molecule has 6 heteroatoms. The molecule has 0 aromatic carbocycles. The molecule has 0 saturated heterocycles. The summed E-state index contributed by atoms with van der Waals surface area (Å²) in [6.07, 6.45) is 71.1. The van der Waals surface area contributed by atoms with Gasteiger partial charge >= 0.3 is 17.9 Å². The number of hydrogen-bond donors (Lipinski definition) is 0. The van der Waals surface area contributed by atoms with Gasteiger partial charge in [0.1, 0.15) is 13.2 Å². The second-order valence-corrected chi connectivity index (χ2v) is 23.9. The molecule has 0 radical (unpaired) electrons. The van der Waals surface area contributed by atoms with Crippen molar-refractivity contribution in [2.75, 3.05) is 13.2 Å². The zero-order chi connectivity index (χ0) is 53.7. The quantitative estimate of drug-likeness (QED) is 0.0343. The smallest absolute Gasteiger partial charge is 0.306 e. The van der Waals surface area contributed by atoms with Gasteiger partial charge in [0.2, 0.25) is 0 Å². The summed E-state index contributed by atoms with van der Waals surface area (Å²) < 4.78 is 17.0. The molecule has 0 saturated carbocycles. The summed E-state index contributed by atoms with van der Waals surface area (Å²) in [6, 6.07) is 0. The Bertz CT molecular complexity index is 1120. The van der Waals surface area contributed by atoms with Crippen LogP contribution in [0.3, 0.4) is 0 Å². The van der Waals surface area contributed by atoms with Crippen molar-refractivity contribution in [2.24, 2.45) is 5.92 Å². The first-order chi connectivity index (χ1) is 36.4. The Morgan fingerprint density at radius 3 is 0.662 bits per heavy atom. The Hall–Kier alpha value is -1.59. The first-order valence-electron chi connectivity index (χ1n) is 33.9. The van der Waals surface area contributed by atoms with Crippen LogP contribution in [0.25, 0.3) is 0 Å². The van der Waals surface area contributed by atoms with Crippen molar-refractivity contribution in [1.29, 1.82) is 0 Å². The molecule has 0 aliphatic heterocycles. The molecule has 0 rings (SSSR count). The van der Waals surface area contributed by atoms with Gasteiger partial charge in [-0.2, -0.15) is 0 Å². The first-order valence-corrected chi connectivity index (χ1v) is 33.9. The van der Waals surface area contributed by atoms with E-state index in [0.29, 0.717) is 19.3 Å². The molecule has 74 heavy (non-hydrogen) atoms. The lowest BCUT2D eigenvalue weighted by molar-refractivity contribution is -0.167. The number of carbonyl (C=O) groups excluding carboxylic acids is 3. The molecule has 0 bridgehead atoms. The Morgan fingerprint density at radius 2 is 0.446 bits per heavy atom. The lowest BCUT2D eigenvalue weighted by Crippen LogP contribution is -2.30. The predicted molar refractivity (Wildman–Crippen MR) is 321 cm³/mol. The van der Waals surface area contributed by atoms with Crippen molar-refractivity contribution in [1.82, 2.24) is 0 Å². The van der Waals surface area contributed by atoms with Gasteiger partial charge in [0.05, 0.1) is 0 Å². The minimum atomic E-state index is -0.764. The number of rotatable bonds is 63. The average molecular weight is 1050 g/mol. The van der Waals surface area contributed by atoms with Crippen LogP contribution in [0, 0.1) is 5.92 Å². The summed E-state index contributed by atoms with van der Waals surface area (Å²) in [6.45, 7) is 9.11. The Kier molecular flexibility index (Phi) is 60.9. The molecule has 0 aliphatic carbocycles. The van der Waals surface area contributed by atoms with Crippen LogP contribution in [0.2, 0.25) is 0 Å². The van der Waals surface area contributed by atoms with Gasteiger partial charge in [0.15, 0.2) is 6.10 Å². The first kappa shape index (κ1) is 72.4. The molecule has 440 valence electrons. The van der Waals surface area contributed by atoms with Gasteiger partial charge < -0.3 is 14.2 Å². The van der Waals surface area contributed by atoms with Crippen LogP contribution >= 0.6 is 0 Å². The van der Waals surface area contributed by atoms with E-state index in [1.54, 1.807) is 0 Å². The molecular weight excluding hydrogens is 913 g/mol. The fraction of sp³-hybridized carbons (Fsp3) is 0.956. The Morgan fingerprint density at radius 1 is 0.257 bits per heavy atom. The van der Waals surface area contributed by atoms with Crippen molar-refractivity contribution in [3.8, 4) is 0 Å². The van der Waals surface area contributed by atoms with Crippen LogP contribution in [0.15, 0.2) is 0 Å². The molecule has 1 atom stereocenters. The predicted octanol–water partition coefficient (Wildman–Crippen LogP) is 22.9. The summed E-state index contributed by atoms with van der Waals surface area (Å²) in [5.74, 6) is 0.0290. The van der Waals surface area contributed by atoms with Crippen molar-refractivity contribution >= 4 is 17.9 Å². The molecular formula is C68H132O6. The molecule has 0 unspecified atom stereocenters. The number of ether oxygens (including phenoxy) is 3. The number of esters is 3. The fourth-order valence-electron chi connectivity index (χ4n) is 10.7. The largest absolute Gasteiger partial charge is 0.462 e. The molecule has 0 amide bonds. The van der Waals surface area contributed by atoms with Crippen molar-refractivity contribution in [2.45, 2.75) is 400 Å². The van der Waals surface area contributed by atoms with Gasteiger partial charge in [-0.15, -0.1) is 0 Å². The molecule has 0 heterocycles. The summed E-state index contributed by atoms with van der Waals surface area (Å²) in [7, 11) is 0. The van der Waals surface area contributed by atoms with Crippen molar-refractivity contribution in [3.63, 3.8) is 0 Å². The molecule has 6 nitrogen and oxygen atoms in total. The fourth-order valence-corrected chi connectivity index (χ4v) is 10.7. The molecule has 0 aromatic heterocycles. The van der Waals surface area contributed by atoms with Crippen LogP contribution in [0.4, 0.5) is 0 Å². The van der Waals surface area contributed by atoms with Gasteiger partial charge in [-0.1, -0.05) is 355 Å². The zero-order valence-electron chi connectivity index (χ0n) is 50.8. The van der Waals surface area contributed by atoms with Gasteiger partial charge in [-0.25, -0.2) is 0 Å². The normalized spacial score (nSPS) is 12.0. The highest BCUT2D eigenvalue weighted by Crippen LogP contribution is 2.19. The average Bonchev–Trinajstić information content (AvgIpc) is 3.39. The van der Waals surface area contributed by atoms with E-state index in [1.165, 1.54) is 289 Å². The maximum absolute atomic E-state index is 12.9. The number of unbranched alkanes of at least 4 members (excludes halogenated alkanes) is 50. The molecule has 0 fully saturated rings. The lowest BCUT2D eigenvalue weighted by atomic mass is 10.0. The van der Waals surface area contributed by atoms with Crippen molar-refractivity contribution < 1.29 is 28.6 Å². The minimum Gasteiger partial charge on any atom is -0.462 e. The third-order valence-electron chi connectivity index (χ3n) is 15.8. The monoisotopic (exact) mass is 1050 g/mol. The second-order valence-electron chi connectivity index (χ2n) is 23.9. The molecule has 0 aliphatic rings. The molecule has 0 aromatic rings. The van der Waals surface area contributed by atoms with E-state index in [1.807, 2.05) is 0 Å². The zero-order valence-corrected chi connectivity index (χ0v) is 50.8. The van der Waals surface area contributed by atoms with E-state index < -0.39 is 6.10 Å². The Balaban J connectivity index is 4.28. The van der Waals surface area contributed by atoms with Crippen LogP contribution in [-0.4, -0.2) is 37.2 Å².